The van der Waals surface area contributed by atoms with Crippen molar-refractivity contribution in [2.45, 2.75) is 32.8 Å². The van der Waals surface area contributed by atoms with Gasteiger partial charge in [-0.15, -0.1) is 11.3 Å². The van der Waals surface area contributed by atoms with Gasteiger partial charge < -0.3 is 10.0 Å². The summed E-state index contributed by atoms with van der Waals surface area (Å²) in [6, 6.07) is 0. The number of hydrogen-bond acceptors (Lipinski definition) is 5. The maximum Gasteiger partial charge on any atom is 0.185 e. The van der Waals surface area contributed by atoms with Crippen LogP contribution in [0.5, 0.6) is 0 Å². The second-order valence-electron chi connectivity index (χ2n) is 5.70. The van der Waals surface area contributed by atoms with Gasteiger partial charge in [-0.3, -0.25) is 4.90 Å². The average molecular weight is 269 g/mol. The van der Waals surface area contributed by atoms with Crippen molar-refractivity contribution in [1.82, 2.24) is 9.88 Å². The lowest BCUT2D eigenvalue weighted by molar-refractivity contribution is 0.0385. The van der Waals surface area contributed by atoms with Gasteiger partial charge in [-0.1, -0.05) is 0 Å². The normalized spacial score (nSPS) is 19.0. The SMILES string of the molecule is Cc1csc(N2CCCN(CC(C)(C)O)CC2)n1. The summed E-state index contributed by atoms with van der Waals surface area (Å²) in [4.78, 5) is 9.26. The Hall–Kier alpha value is -0.650. The molecule has 1 aromatic heterocycles. The van der Waals surface area contributed by atoms with E-state index in [1.165, 1.54) is 0 Å². The number of rotatable bonds is 3. The van der Waals surface area contributed by atoms with Crippen LogP contribution in [0.1, 0.15) is 26.0 Å². The first-order valence-electron chi connectivity index (χ1n) is 6.56. The third kappa shape index (κ3) is 3.93. The standard InChI is InChI=1S/C13H23N3OS/c1-11-9-18-12(14-11)16-6-4-5-15(7-8-16)10-13(2,3)17/h9,17H,4-8,10H2,1-3H3. The second-order valence-corrected chi connectivity index (χ2v) is 6.54. The van der Waals surface area contributed by atoms with E-state index >= 15 is 0 Å². The van der Waals surface area contributed by atoms with E-state index < -0.39 is 5.60 Å². The summed E-state index contributed by atoms with van der Waals surface area (Å²) in [5.74, 6) is 0. The number of aryl methyl sites for hydroxylation is 1. The summed E-state index contributed by atoms with van der Waals surface area (Å²) >= 11 is 1.73. The van der Waals surface area contributed by atoms with Crippen molar-refractivity contribution in [3.63, 3.8) is 0 Å². The molecule has 2 heterocycles. The lowest BCUT2D eigenvalue weighted by atomic mass is 10.1. The zero-order chi connectivity index (χ0) is 13.2. The smallest absolute Gasteiger partial charge is 0.185 e. The van der Waals surface area contributed by atoms with Crippen LogP contribution in [0.25, 0.3) is 0 Å². The Labute approximate surface area is 113 Å². The number of anilines is 1. The molecule has 0 atom stereocenters. The molecule has 0 bridgehead atoms. The van der Waals surface area contributed by atoms with E-state index in [1.54, 1.807) is 11.3 Å². The van der Waals surface area contributed by atoms with Crippen LogP contribution in [0.2, 0.25) is 0 Å². The number of thiazole rings is 1. The Balaban J connectivity index is 1.92. The minimum Gasteiger partial charge on any atom is -0.389 e. The minimum absolute atomic E-state index is 0.604. The lowest BCUT2D eigenvalue weighted by Crippen LogP contribution is -2.40. The Morgan fingerprint density at radius 2 is 2.11 bits per heavy atom. The molecule has 0 aliphatic carbocycles. The zero-order valence-electron chi connectivity index (χ0n) is 11.5. The molecule has 1 fully saturated rings. The predicted molar refractivity (Wildman–Crippen MR) is 76.4 cm³/mol. The highest BCUT2D eigenvalue weighted by atomic mass is 32.1. The average Bonchev–Trinajstić information content (AvgIpc) is 2.55. The van der Waals surface area contributed by atoms with Gasteiger partial charge in [-0.2, -0.15) is 0 Å². The van der Waals surface area contributed by atoms with Crippen molar-refractivity contribution in [2.24, 2.45) is 0 Å². The van der Waals surface area contributed by atoms with Gasteiger partial charge in [0.1, 0.15) is 0 Å². The van der Waals surface area contributed by atoms with Crippen molar-refractivity contribution in [3.05, 3.63) is 11.1 Å². The lowest BCUT2D eigenvalue weighted by Gasteiger charge is -2.27. The zero-order valence-corrected chi connectivity index (χ0v) is 12.3. The summed E-state index contributed by atoms with van der Waals surface area (Å²) < 4.78 is 0. The Morgan fingerprint density at radius 1 is 1.33 bits per heavy atom. The Kier molecular flexibility index (Phi) is 4.25. The highest BCUT2D eigenvalue weighted by molar-refractivity contribution is 7.13. The van der Waals surface area contributed by atoms with Gasteiger partial charge >= 0.3 is 0 Å². The van der Waals surface area contributed by atoms with Crippen molar-refractivity contribution < 1.29 is 5.11 Å². The van der Waals surface area contributed by atoms with Gasteiger partial charge in [0.25, 0.3) is 0 Å². The van der Waals surface area contributed by atoms with E-state index in [2.05, 4.69) is 20.2 Å². The van der Waals surface area contributed by atoms with Gasteiger partial charge in [-0.25, -0.2) is 4.98 Å². The van der Waals surface area contributed by atoms with Gasteiger partial charge in [0.2, 0.25) is 0 Å². The van der Waals surface area contributed by atoms with Gasteiger partial charge in [0.15, 0.2) is 5.13 Å². The molecular weight excluding hydrogens is 246 g/mol. The fourth-order valence-electron chi connectivity index (χ4n) is 2.35. The fraction of sp³-hybridized carbons (Fsp3) is 0.769. The molecule has 1 aliphatic heterocycles. The minimum atomic E-state index is -0.604. The predicted octanol–water partition coefficient (Wildman–Crippen LogP) is 1.73. The van der Waals surface area contributed by atoms with E-state index in [0.29, 0.717) is 0 Å². The number of hydrogen-bond donors (Lipinski definition) is 1. The first-order chi connectivity index (χ1) is 8.44. The highest BCUT2D eigenvalue weighted by Gasteiger charge is 2.22. The van der Waals surface area contributed by atoms with Crippen LogP contribution in [-0.2, 0) is 0 Å². The van der Waals surface area contributed by atoms with Crippen LogP contribution in [0.15, 0.2) is 5.38 Å². The van der Waals surface area contributed by atoms with Crippen LogP contribution >= 0.6 is 11.3 Å². The van der Waals surface area contributed by atoms with E-state index in [0.717, 1.165) is 50.0 Å². The van der Waals surface area contributed by atoms with E-state index in [9.17, 15) is 5.11 Å². The quantitative estimate of drug-likeness (QED) is 0.907. The fourth-order valence-corrected chi connectivity index (χ4v) is 3.21. The first kappa shape index (κ1) is 13.8. The molecule has 102 valence electrons. The Bertz CT molecular complexity index is 386. The molecule has 0 spiro atoms. The van der Waals surface area contributed by atoms with Gasteiger partial charge in [-0.05, 0) is 27.2 Å². The summed E-state index contributed by atoms with van der Waals surface area (Å²) in [5.41, 5.74) is 0.500. The topological polar surface area (TPSA) is 39.6 Å². The molecule has 1 saturated heterocycles. The summed E-state index contributed by atoms with van der Waals surface area (Å²) in [6.45, 7) is 10.7. The number of aliphatic hydroxyl groups is 1. The number of aromatic nitrogens is 1. The molecule has 1 aliphatic rings. The monoisotopic (exact) mass is 269 g/mol. The molecule has 0 saturated carbocycles. The molecule has 1 N–H and O–H groups in total. The largest absolute Gasteiger partial charge is 0.389 e. The van der Waals surface area contributed by atoms with Crippen molar-refractivity contribution in [3.8, 4) is 0 Å². The highest BCUT2D eigenvalue weighted by Crippen LogP contribution is 2.21. The molecule has 18 heavy (non-hydrogen) atoms. The van der Waals surface area contributed by atoms with Crippen LogP contribution < -0.4 is 4.90 Å². The summed E-state index contributed by atoms with van der Waals surface area (Å²) in [7, 11) is 0. The molecule has 0 radical (unpaired) electrons. The molecule has 0 amide bonds. The maximum absolute atomic E-state index is 9.88. The first-order valence-corrected chi connectivity index (χ1v) is 7.44. The molecule has 4 nitrogen and oxygen atoms in total. The van der Waals surface area contributed by atoms with Crippen LogP contribution in [0.3, 0.4) is 0 Å². The molecule has 1 aromatic rings. The van der Waals surface area contributed by atoms with E-state index in [1.807, 2.05) is 20.8 Å². The molecule has 0 unspecified atom stereocenters. The maximum atomic E-state index is 9.88. The molecule has 5 heteroatoms. The van der Waals surface area contributed by atoms with Crippen molar-refractivity contribution in [1.29, 1.82) is 0 Å². The summed E-state index contributed by atoms with van der Waals surface area (Å²) in [5, 5.41) is 13.1. The number of nitrogens with zero attached hydrogens (tertiary/aromatic N) is 3. The third-order valence-electron chi connectivity index (χ3n) is 3.08. The van der Waals surface area contributed by atoms with Gasteiger partial charge in [0.05, 0.1) is 11.3 Å². The van der Waals surface area contributed by atoms with Crippen LogP contribution in [0, 0.1) is 6.92 Å². The molecular formula is C13H23N3OS. The van der Waals surface area contributed by atoms with E-state index in [4.69, 9.17) is 0 Å². The molecule has 2 rings (SSSR count). The van der Waals surface area contributed by atoms with E-state index in [-0.39, 0.29) is 0 Å². The number of β-amino-alcohol motifs (C(OH)–C–C–N with tert-alkyl or cyclic N) is 1. The Morgan fingerprint density at radius 3 is 2.72 bits per heavy atom. The van der Waals surface area contributed by atoms with Crippen LogP contribution in [-0.4, -0.2) is 53.3 Å². The van der Waals surface area contributed by atoms with Crippen molar-refractivity contribution in [2.75, 3.05) is 37.6 Å². The van der Waals surface area contributed by atoms with Crippen LogP contribution in [0.4, 0.5) is 5.13 Å². The third-order valence-corrected chi connectivity index (χ3v) is 4.10. The van der Waals surface area contributed by atoms with Gasteiger partial charge in [0, 0.05) is 38.1 Å². The second kappa shape index (κ2) is 5.55. The van der Waals surface area contributed by atoms with Crippen molar-refractivity contribution >= 4 is 16.5 Å². The molecule has 0 aromatic carbocycles. The summed E-state index contributed by atoms with van der Waals surface area (Å²) in [6.07, 6.45) is 1.13.